The normalized spacial score (nSPS) is 10.2. The summed E-state index contributed by atoms with van der Waals surface area (Å²) in [5.74, 6) is -0.410. The lowest BCUT2D eigenvalue weighted by molar-refractivity contribution is -0.116. The standard InChI is InChI=1S/C20H22N2O3/c1-3-15-4-6-16(7-5-15)19(24)12-13-20(25)22-18-10-8-17(9-11-18)21-14(2)23/h4-11H,3,12-13H2,1-2H3,(H,21,23)(H,22,25). The number of aryl methyl sites for hydroxylation is 1. The van der Waals surface area contributed by atoms with Crippen molar-refractivity contribution in [2.75, 3.05) is 10.6 Å². The van der Waals surface area contributed by atoms with E-state index < -0.39 is 0 Å². The molecule has 0 saturated carbocycles. The Hall–Kier alpha value is -2.95. The Morgan fingerprint density at radius 1 is 0.800 bits per heavy atom. The number of carbonyl (C=O) groups is 3. The quantitative estimate of drug-likeness (QED) is 0.754. The number of benzene rings is 2. The van der Waals surface area contributed by atoms with Gasteiger partial charge in [-0.2, -0.15) is 0 Å². The van der Waals surface area contributed by atoms with E-state index in [1.54, 1.807) is 36.4 Å². The molecule has 0 saturated heterocycles. The van der Waals surface area contributed by atoms with E-state index in [4.69, 9.17) is 0 Å². The van der Waals surface area contributed by atoms with Crippen molar-refractivity contribution in [3.05, 3.63) is 59.7 Å². The zero-order chi connectivity index (χ0) is 18.2. The second kappa shape index (κ2) is 8.78. The minimum atomic E-state index is -0.217. The molecule has 0 spiro atoms. The number of rotatable bonds is 7. The molecule has 0 aliphatic carbocycles. The van der Waals surface area contributed by atoms with Crippen LogP contribution in [-0.4, -0.2) is 17.6 Å². The second-order valence-electron chi connectivity index (χ2n) is 5.78. The van der Waals surface area contributed by atoms with E-state index >= 15 is 0 Å². The van der Waals surface area contributed by atoms with E-state index in [1.807, 2.05) is 12.1 Å². The molecule has 5 heteroatoms. The second-order valence-corrected chi connectivity index (χ2v) is 5.78. The average Bonchev–Trinajstić information content (AvgIpc) is 2.61. The van der Waals surface area contributed by atoms with Crippen molar-refractivity contribution >= 4 is 29.0 Å². The largest absolute Gasteiger partial charge is 0.326 e. The molecular weight excluding hydrogens is 316 g/mol. The molecule has 5 nitrogen and oxygen atoms in total. The van der Waals surface area contributed by atoms with Crippen LogP contribution in [0.25, 0.3) is 0 Å². The van der Waals surface area contributed by atoms with Gasteiger partial charge in [-0.25, -0.2) is 0 Å². The van der Waals surface area contributed by atoms with E-state index in [0.29, 0.717) is 16.9 Å². The van der Waals surface area contributed by atoms with Crippen LogP contribution in [0.5, 0.6) is 0 Å². The SMILES string of the molecule is CCc1ccc(C(=O)CCC(=O)Nc2ccc(NC(C)=O)cc2)cc1. The molecule has 2 aromatic carbocycles. The van der Waals surface area contributed by atoms with Crippen LogP contribution < -0.4 is 10.6 Å². The molecule has 130 valence electrons. The topological polar surface area (TPSA) is 75.3 Å². The minimum absolute atomic E-state index is 0.0428. The molecule has 0 unspecified atom stereocenters. The Morgan fingerprint density at radius 2 is 1.36 bits per heavy atom. The molecule has 0 bridgehead atoms. The molecule has 2 rings (SSSR count). The Kier molecular flexibility index (Phi) is 6.46. The molecule has 2 N–H and O–H groups in total. The fourth-order valence-corrected chi connectivity index (χ4v) is 2.36. The highest BCUT2D eigenvalue weighted by molar-refractivity contribution is 6.00. The lowest BCUT2D eigenvalue weighted by Crippen LogP contribution is -2.13. The number of anilines is 2. The maximum absolute atomic E-state index is 12.1. The van der Waals surface area contributed by atoms with Crippen LogP contribution in [0.4, 0.5) is 11.4 Å². The van der Waals surface area contributed by atoms with Gasteiger partial charge in [0.05, 0.1) is 0 Å². The van der Waals surface area contributed by atoms with Gasteiger partial charge < -0.3 is 10.6 Å². The number of Topliss-reactive ketones (excluding diaryl/α,β-unsaturated/α-hetero) is 1. The predicted molar refractivity (Wildman–Crippen MR) is 98.8 cm³/mol. The van der Waals surface area contributed by atoms with E-state index in [0.717, 1.165) is 6.42 Å². The average molecular weight is 338 g/mol. The third-order valence-corrected chi connectivity index (χ3v) is 3.75. The Labute approximate surface area is 147 Å². The third-order valence-electron chi connectivity index (χ3n) is 3.75. The molecule has 2 aromatic rings. The molecule has 0 fully saturated rings. The van der Waals surface area contributed by atoms with Gasteiger partial charge in [-0.3, -0.25) is 14.4 Å². The maximum atomic E-state index is 12.1. The van der Waals surface area contributed by atoms with Gasteiger partial charge in [-0.05, 0) is 36.2 Å². The molecule has 0 aliphatic rings. The van der Waals surface area contributed by atoms with Crippen molar-refractivity contribution < 1.29 is 14.4 Å². The van der Waals surface area contributed by atoms with Gasteiger partial charge in [-0.15, -0.1) is 0 Å². The Balaban J connectivity index is 1.83. The fraction of sp³-hybridized carbons (Fsp3) is 0.250. The van der Waals surface area contributed by atoms with Gasteiger partial charge in [0.1, 0.15) is 0 Å². The van der Waals surface area contributed by atoms with E-state index in [2.05, 4.69) is 17.6 Å². The number of hydrogen-bond donors (Lipinski definition) is 2. The van der Waals surface area contributed by atoms with Crippen molar-refractivity contribution in [2.45, 2.75) is 33.1 Å². The summed E-state index contributed by atoms with van der Waals surface area (Å²) in [5, 5.41) is 5.40. The zero-order valence-electron chi connectivity index (χ0n) is 14.5. The highest BCUT2D eigenvalue weighted by Crippen LogP contribution is 2.14. The van der Waals surface area contributed by atoms with Crippen molar-refractivity contribution in [3.63, 3.8) is 0 Å². The predicted octanol–water partition coefficient (Wildman–Crippen LogP) is 3.81. The van der Waals surface area contributed by atoms with Crippen molar-refractivity contribution in [3.8, 4) is 0 Å². The Morgan fingerprint density at radius 3 is 1.88 bits per heavy atom. The van der Waals surface area contributed by atoms with Gasteiger partial charge in [0, 0.05) is 36.7 Å². The highest BCUT2D eigenvalue weighted by Gasteiger charge is 2.10. The number of ketones is 1. The molecule has 0 atom stereocenters. The third kappa shape index (κ3) is 5.88. The summed E-state index contributed by atoms with van der Waals surface area (Å²) >= 11 is 0. The molecule has 2 amide bonds. The first-order valence-electron chi connectivity index (χ1n) is 8.27. The monoisotopic (exact) mass is 338 g/mol. The summed E-state index contributed by atoms with van der Waals surface area (Å²) in [6.07, 6.45) is 1.22. The molecule has 25 heavy (non-hydrogen) atoms. The van der Waals surface area contributed by atoms with Gasteiger partial charge in [0.15, 0.2) is 5.78 Å². The van der Waals surface area contributed by atoms with Crippen molar-refractivity contribution in [2.24, 2.45) is 0 Å². The van der Waals surface area contributed by atoms with E-state index in [9.17, 15) is 14.4 Å². The first kappa shape index (κ1) is 18.4. The van der Waals surface area contributed by atoms with E-state index in [1.165, 1.54) is 12.5 Å². The summed E-state index contributed by atoms with van der Waals surface area (Å²) in [4.78, 5) is 35.1. The smallest absolute Gasteiger partial charge is 0.224 e. The zero-order valence-corrected chi connectivity index (χ0v) is 14.5. The summed E-state index contributed by atoms with van der Waals surface area (Å²) in [5.41, 5.74) is 3.09. The summed E-state index contributed by atoms with van der Waals surface area (Å²) in [6.45, 7) is 3.49. The lowest BCUT2D eigenvalue weighted by atomic mass is 10.0. The highest BCUT2D eigenvalue weighted by atomic mass is 16.2. The first-order valence-corrected chi connectivity index (χ1v) is 8.27. The van der Waals surface area contributed by atoms with Crippen LogP contribution >= 0.6 is 0 Å². The van der Waals surface area contributed by atoms with Crippen LogP contribution in [0, 0.1) is 0 Å². The molecule has 0 aromatic heterocycles. The summed E-state index contributed by atoms with van der Waals surface area (Å²) in [7, 11) is 0. The Bertz CT molecular complexity index is 750. The fourth-order valence-electron chi connectivity index (χ4n) is 2.36. The number of nitrogens with one attached hydrogen (secondary N) is 2. The van der Waals surface area contributed by atoms with Crippen LogP contribution in [0.1, 0.15) is 42.6 Å². The van der Waals surface area contributed by atoms with Gasteiger partial charge in [0.25, 0.3) is 0 Å². The maximum Gasteiger partial charge on any atom is 0.224 e. The molecule has 0 aliphatic heterocycles. The van der Waals surface area contributed by atoms with Gasteiger partial charge in [-0.1, -0.05) is 31.2 Å². The molecule has 0 radical (unpaired) electrons. The number of hydrogen-bond acceptors (Lipinski definition) is 3. The van der Waals surface area contributed by atoms with Crippen LogP contribution in [0.3, 0.4) is 0 Å². The summed E-state index contributed by atoms with van der Waals surface area (Å²) in [6, 6.07) is 14.3. The molecular formula is C20H22N2O3. The molecule has 0 heterocycles. The van der Waals surface area contributed by atoms with Crippen LogP contribution in [0.2, 0.25) is 0 Å². The van der Waals surface area contributed by atoms with Gasteiger partial charge in [0.2, 0.25) is 11.8 Å². The van der Waals surface area contributed by atoms with Crippen molar-refractivity contribution in [1.82, 2.24) is 0 Å². The van der Waals surface area contributed by atoms with Crippen LogP contribution in [0.15, 0.2) is 48.5 Å². The lowest BCUT2D eigenvalue weighted by Gasteiger charge is -2.07. The van der Waals surface area contributed by atoms with E-state index in [-0.39, 0.29) is 30.4 Å². The first-order chi connectivity index (χ1) is 12.0. The minimum Gasteiger partial charge on any atom is -0.326 e. The summed E-state index contributed by atoms with van der Waals surface area (Å²) < 4.78 is 0. The van der Waals surface area contributed by atoms with Crippen LogP contribution in [-0.2, 0) is 16.0 Å². The van der Waals surface area contributed by atoms with Gasteiger partial charge >= 0.3 is 0 Å². The number of carbonyl (C=O) groups excluding carboxylic acids is 3. The number of amides is 2. The van der Waals surface area contributed by atoms with Crippen molar-refractivity contribution in [1.29, 1.82) is 0 Å².